The molecule has 0 atom stereocenters. The maximum absolute atomic E-state index is 4.67. The van der Waals surface area contributed by atoms with Gasteiger partial charge in [0.2, 0.25) is 0 Å². The van der Waals surface area contributed by atoms with E-state index in [0.29, 0.717) is 0 Å². The molecule has 0 aliphatic heterocycles. The SMILES string of the molecule is CCCc1ccc(NCc2nc3ccccc3n2C)cc1. The zero-order valence-corrected chi connectivity index (χ0v) is 12.6. The lowest BCUT2D eigenvalue weighted by atomic mass is 10.1. The Bertz CT molecular complexity index is 726. The van der Waals surface area contributed by atoms with Crippen molar-refractivity contribution in [3.8, 4) is 0 Å². The average molecular weight is 279 g/mol. The van der Waals surface area contributed by atoms with E-state index in [1.165, 1.54) is 17.5 Å². The van der Waals surface area contributed by atoms with Crippen LogP contribution >= 0.6 is 0 Å². The number of para-hydroxylation sites is 2. The number of hydrogen-bond acceptors (Lipinski definition) is 2. The first-order chi connectivity index (χ1) is 10.3. The molecule has 0 bridgehead atoms. The summed E-state index contributed by atoms with van der Waals surface area (Å²) in [7, 11) is 2.07. The molecule has 3 rings (SSSR count). The second-order valence-electron chi connectivity index (χ2n) is 5.38. The summed E-state index contributed by atoms with van der Waals surface area (Å²) in [5.74, 6) is 1.05. The van der Waals surface area contributed by atoms with Crippen LogP contribution in [0.4, 0.5) is 5.69 Å². The molecule has 3 nitrogen and oxygen atoms in total. The zero-order valence-electron chi connectivity index (χ0n) is 12.6. The first-order valence-corrected chi connectivity index (χ1v) is 7.51. The molecule has 0 saturated carbocycles. The van der Waals surface area contributed by atoms with E-state index in [9.17, 15) is 0 Å². The third-order valence-electron chi connectivity index (χ3n) is 3.82. The first-order valence-electron chi connectivity index (χ1n) is 7.51. The van der Waals surface area contributed by atoms with E-state index in [2.05, 4.69) is 65.2 Å². The average Bonchev–Trinajstić information content (AvgIpc) is 2.84. The summed E-state index contributed by atoms with van der Waals surface area (Å²) in [4.78, 5) is 4.67. The minimum absolute atomic E-state index is 0.734. The van der Waals surface area contributed by atoms with Gasteiger partial charge in [0.1, 0.15) is 5.82 Å². The fourth-order valence-corrected chi connectivity index (χ4v) is 2.61. The minimum atomic E-state index is 0.734. The molecule has 108 valence electrons. The van der Waals surface area contributed by atoms with Crippen molar-refractivity contribution in [3.05, 3.63) is 59.9 Å². The number of nitrogens with one attached hydrogen (secondary N) is 1. The smallest absolute Gasteiger partial charge is 0.128 e. The Morgan fingerprint density at radius 3 is 2.52 bits per heavy atom. The van der Waals surface area contributed by atoms with Crippen molar-refractivity contribution < 1.29 is 0 Å². The summed E-state index contributed by atoms with van der Waals surface area (Å²) in [5.41, 5.74) is 4.76. The van der Waals surface area contributed by atoms with E-state index in [0.717, 1.165) is 30.0 Å². The molecule has 0 aliphatic rings. The number of hydrogen-bond donors (Lipinski definition) is 1. The van der Waals surface area contributed by atoms with E-state index < -0.39 is 0 Å². The van der Waals surface area contributed by atoms with Crippen molar-refractivity contribution >= 4 is 16.7 Å². The molecule has 0 fully saturated rings. The van der Waals surface area contributed by atoms with Crippen LogP contribution in [0, 0.1) is 0 Å². The van der Waals surface area contributed by atoms with Gasteiger partial charge in [-0.25, -0.2) is 4.98 Å². The van der Waals surface area contributed by atoms with Gasteiger partial charge in [-0.3, -0.25) is 0 Å². The number of fused-ring (bicyclic) bond motifs is 1. The van der Waals surface area contributed by atoms with Crippen LogP contribution in [-0.2, 0) is 20.0 Å². The molecule has 0 saturated heterocycles. The third kappa shape index (κ3) is 2.92. The van der Waals surface area contributed by atoms with Gasteiger partial charge in [-0.15, -0.1) is 0 Å². The fraction of sp³-hybridized carbons (Fsp3) is 0.278. The maximum atomic E-state index is 4.67. The quantitative estimate of drug-likeness (QED) is 0.760. The number of nitrogens with zero attached hydrogens (tertiary/aromatic N) is 2. The van der Waals surface area contributed by atoms with Crippen molar-refractivity contribution in [2.45, 2.75) is 26.3 Å². The lowest BCUT2D eigenvalue weighted by molar-refractivity contribution is 0.834. The van der Waals surface area contributed by atoms with Crippen LogP contribution < -0.4 is 5.32 Å². The van der Waals surface area contributed by atoms with E-state index in [1.807, 2.05) is 12.1 Å². The third-order valence-corrected chi connectivity index (χ3v) is 3.82. The van der Waals surface area contributed by atoms with Crippen LogP contribution in [-0.4, -0.2) is 9.55 Å². The highest BCUT2D eigenvalue weighted by Crippen LogP contribution is 2.16. The summed E-state index contributed by atoms with van der Waals surface area (Å²) >= 11 is 0. The van der Waals surface area contributed by atoms with Crippen molar-refractivity contribution in [1.29, 1.82) is 0 Å². The molecular formula is C18H21N3. The van der Waals surface area contributed by atoms with Gasteiger partial charge in [-0.2, -0.15) is 0 Å². The molecular weight excluding hydrogens is 258 g/mol. The van der Waals surface area contributed by atoms with E-state index >= 15 is 0 Å². The second-order valence-corrected chi connectivity index (χ2v) is 5.38. The number of imidazole rings is 1. The number of aryl methyl sites for hydroxylation is 2. The van der Waals surface area contributed by atoms with Gasteiger partial charge >= 0.3 is 0 Å². The van der Waals surface area contributed by atoms with Crippen molar-refractivity contribution in [3.63, 3.8) is 0 Å². The van der Waals surface area contributed by atoms with Crippen LogP contribution in [0.2, 0.25) is 0 Å². The Hall–Kier alpha value is -2.29. The number of benzene rings is 2. The van der Waals surface area contributed by atoms with Gasteiger partial charge in [-0.05, 0) is 36.2 Å². The molecule has 0 amide bonds. The second kappa shape index (κ2) is 6.00. The van der Waals surface area contributed by atoms with Gasteiger partial charge in [0, 0.05) is 12.7 Å². The molecule has 3 aromatic rings. The fourth-order valence-electron chi connectivity index (χ4n) is 2.61. The Kier molecular flexibility index (Phi) is 3.91. The van der Waals surface area contributed by atoms with Gasteiger partial charge < -0.3 is 9.88 Å². The van der Waals surface area contributed by atoms with Gasteiger partial charge in [0.25, 0.3) is 0 Å². The molecule has 0 radical (unpaired) electrons. The predicted octanol–water partition coefficient (Wildman–Crippen LogP) is 4.14. The molecule has 1 N–H and O–H groups in total. The molecule has 1 aromatic heterocycles. The first kappa shape index (κ1) is 13.7. The Morgan fingerprint density at radius 2 is 1.81 bits per heavy atom. The summed E-state index contributed by atoms with van der Waals surface area (Å²) < 4.78 is 2.15. The van der Waals surface area contributed by atoms with Crippen LogP contribution in [0.5, 0.6) is 0 Å². The molecule has 0 aliphatic carbocycles. The number of rotatable bonds is 5. The Morgan fingerprint density at radius 1 is 1.05 bits per heavy atom. The predicted molar refractivity (Wildman–Crippen MR) is 88.5 cm³/mol. The lowest BCUT2D eigenvalue weighted by Crippen LogP contribution is -2.05. The van der Waals surface area contributed by atoms with Crippen molar-refractivity contribution in [2.75, 3.05) is 5.32 Å². The Labute approximate surface area is 125 Å². The van der Waals surface area contributed by atoms with Crippen molar-refractivity contribution in [1.82, 2.24) is 9.55 Å². The summed E-state index contributed by atoms with van der Waals surface area (Å²) in [6, 6.07) is 16.9. The molecule has 3 heteroatoms. The van der Waals surface area contributed by atoms with Gasteiger partial charge in [-0.1, -0.05) is 37.6 Å². The summed E-state index contributed by atoms with van der Waals surface area (Å²) in [5, 5.41) is 3.45. The monoisotopic (exact) mass is 279 g/mol. The lowest BCUT2D eigenvalue weighted by Gasteiger charge is -2.07. The highest BCUT2D eigenvalue weighted by atomic mass is 15.1. The van der Waals surface area contributed by atoms with Crippen molar-refractivity contribution in [2.24, 2.45) is 7.05 Å². The zero-order chi connectivity index (χ0) is 14.7. The molecule has 1 heterocycles. The standard InChI is InChI=1S/C18H21N3/c1-3-6-14-9-11-15(12-10-14)19-13-18-20-16-7-4-5-8-17(16)21(18)2/h4-5,7-12,19H,3,6,13H2,1-2H3. The summed E-state index contributed by atoms with van der Waals surface area (Å²) in [6.45, 7) is 2.94. The van der Waals surface area contributed by atoms with E-state index in [4.69, 9.17) is 0 Å². The highest BCUT2D eigenvalue weighted by Gasteiger charge is 2.06. The molecule has 2 aromatic carbocycles. The number of anilines is 1. The number of aromatic nitrogens is 2. The van der Waals surface area contributed by atoms with Crippen LogP contribution in [0.15, 0.2) is 48.5 Å². The normalized spacial score (nSPS) is 11.0. The van der Waals surface area contributed by atoms with Crippen LogP contribution in [0.3, 0.4) is 0 Å². The van der Waals surface area contributed by atoms with E-state index in [-0.39, 0.29) is 0 Å². The van der Waals surface area contributed by atoms with Crippen LogP contribution in [0.1, 0.15) is 24.7 Å². The minimum Gasteiger partial charge on any atom is -0.378 e. The Balaban J connectivity index is 1.72. The van der Waals surface area contributed by atoms with E-state index in [1.54, 1.807) is 0 Å². The molecule has 0 unspecified atom stereocenters. The topological polar surface area (TPSA) is 29.9 Å². The maximum Gasteiger partial charge on any atom is 0.128 e. The molecule has 0 spiro atoms. The van der Waals surface area contributed by atoms with Crippen LogP contribution in [0.25, 0.3) is 11.0 Å². The highest BCUT2D eigenvalue weighted by molar-refractivity contribution is 5.75. The summed E-state index contributed by atoms with van der Waals surface area (Å²) in [6.07, 6.45) is 2.33. The van der Waals surface area contributed by atoms with Gasteiger partial charge in [0.05, 0.1) is 17.6 Å². The largest absolute Gasteiger partial charge is 0.378 e. The van der Waals surface area contributed by atoms with Gasteiger partial charge in [0.15, 0.2) is 0 Å². The molecule has 21 heavy (non-hydrogen) atoms.